The van der Waals surface area contributed by atoms with Crippen LogP contribution in [0.5, 0.6) is 5.75 Å². The zero-order valence-electron chi connectivity index (χ0n) is 7.99. The molecule has 0 bridgehead atoms. The van der Waals surface area contributed by atoms with Crippen molar-refractivity contribution in [1.29, 1.82) is 0 Å². The van der Waals surface area contributed by atoms with Gasteiger partial charge in [-0.2, -0.15) is 0 Å². The Bertz CT molecular complexity index is 261. The minimum atomic E-state index is 0.399. The fourth-order valence-corrected chi connectivity index (χ4v) is 1.14. The van der Waals surface area contributed by atoms with Crippen LogP contribution in [0, 0.1) is 6.92 Å². The van der Waals surface area contributed by atoms with E-state index in [0.29, 0.717) is 11.7 Å². The normalized spacial score (nSPS) is 9.38. The van der Waals surface area contributed by atoms with Gasteiger partial charge in [-0.3, -0.25) is 0 Å². The molecule has 0 saturated heterocycles. The van der Waals surface area contributed by atoms with E-state index in [9.17, 15) is 5.11 Å². The van der Waals surface area contributed by atoms with Crippen LogP contribution in [-0.2, 0) is 17.3 Å². The first-order valence-electron chi connectivity index (χ1n) is 4.04. The summed E-state index contributed by atoms with van der Waals surface area (Å²) in [5.74, 6) is 0.815. The molecule has 0 radical (unpaired) electrons. The van der Waals surface area contributed by atoms with E-state index >= 15 is 0 Å². The molecule has 0 spiro atoms. The van der Waals surface area contributed by atoms with E-state index in [-0.39, 0.29) is 0 Å². The molecule has 75 valence electrons. The molecule has 0 aliphatic heterocycles. The predicted molar refractivity (Wildman–Crippen MR) is 52.8 cm³/mol. The molecule has 1 nitrogen and oxygen atoms in total. The first-order valence-corrected chi connectivity index (χ1v) is 6.28. The number of phenols is 1. The number of hydrogen-bond donors (Lipinski definition) is 1. The number of aromatic hydroxyl groups is 1. The van der Waals surface area contributed by atoms with Gasteiger partial charge in [0.15, 0.2) is 0 Å². The second kappa shape index (κ2) is 6.40. The molecule has 0 saturated carbocycles. The van der Waals surface area contributed by atoms with Crippen molar-refractivity contribution in [2.24, 2.45) is 0 Å². The second-order valence-corrected chi connectivity index (χ2v) is 3.22. The number of aryl methyl sites for hydroxylation is 1. The van der Waals surface area contributed by atoms with Crippen molar-refractivity contribution in [3.05, 3.63) is 29.3 Å². The zero-order valence-corrected chi connectivity index (χ0v) is 10.5. The van der Waals surface area contributed by atoms with Crippen molar-refractivity contribution >= 4 is 9.69 Å². The van der Waals surface area contributed by atoms with E-state index in [4.69, 9.17) is 0 Å². The van der Waals surface area contributed by atoms with Gasteiger partial charge in [0, 0.05) is 0 Å². The van der Waals surface area contributed by atoms with Gasteiger partial charge in [0.05, 0.1) is 0 Å². The molecule has 13 heavy (non-hydrogen) atoms. The van der Waals surface area contributed by atoms with E-state index in [0.717, 1.165) is 11.1 Å². The average molecular weight is 287 g/mol. The van der Waals surface area contributed by atoms with Gasteiger partial charge in [-0.05, 0) is 30.0 Å². The van der Waals surface area contributed by atoms with Gasteiger partial charge >= 0.3 is 27.0 Å². The Labute approximate surface area is 93.8 Å². The Kier molecular flexibility index (Phi) is 6.36. The van der Waals surface area contributed by atoms with Crippen LogP contribution >= 0.6 is 9.69 Å². The zero-order chi connectivity index (χ0) is 10.4. The SMILES string of the molecule is Cc1ccc(C(C)C)c(O)c1.[Cl][Ru]. The van der Waals surface area contributed by atoms with Gasteiger partial charge in [0.2, 0.25) is 0 Å². The fourth-order valence-electron chi connectivity index (χ4n) is 1.14. The summed E-state index contributed by atoms with van der Waals surface area (Å²) in [5, 5.41) is 9.46. The molecule has 1 aromatic carbocycles. The first kappa shape index (κ1) is 12.9. The summed E-state index contributed by atoms with van der Waals surface area (Å²) in [7, 11) is 4.57. The van der Waals surface area contributed by atoms with Gasteiger partial charge in [-0.1, -0.05) is 26.0 Å². The van der Waals surface area contributed by atoms with Crippen molar-refractivity contribution in [2.75, 3.05) is 0 Å². The Morgan fingerprint density at radius 1 is 1.31 bits per heavy atom. The monoisotopic (exact) mass is 287 g/mol. The van der Waals surface area contributed by atoms with E-state index in [1.54, 1.807) is 6.07 Å². The Balaban J connectivity index is 0.000000671. The number of halogens is 1. The first-order chi connectivity index (χ1) is 6.11. The van der Waals surface area contributed by atoms with E-state index in [1.807, 2.05) is 36.4 Å². The molecular formula is C10H14ClORu. The van der Waals surface area contributed by atoms with Crippen LogP contribution in [0.15, 0.2) is 18.2 Å². The van der Waals surface area contributed by atoms with Crippen LogP contribution in [-0.4, -0.2) is 5.11 Å². The Morgan fingerprint density at radius 2 is 1.85 bits per heavy atom. The van der Waals surface area contributed by atoms with Crippen molar-refractivity contribution in [3.63, 3.8) is 0 Å². The van der Waals surface area contributed by atoms with Crippen molar-refractivity contribution < 1.29 is 22.4 Å². The summed E-state index contributed by atoms with van der Waals surface area (Å²) in [6, 6.07) is 5.81. The second-order valence-electron chi connectivity index (χ2n) is 3.22. The van der Waals surface area contributed by atoms with Crippen molar-refractivity contribution in [2.45, 2.75) is 26.7 Å². The van der Waals surface area contributed by atoms with Crippen LogP contribution in [0.3, 0.4) is 0 Å². The molecule has 0 aliphatic rings. The molecule has 1 N–H and O–H groups in total. The van der Waals surface area contributed by atoms with E-state index in [2.05, 4.69) is 23.5 Å². The molecular weight excluding hydrogens is 273 g/mol. The average Bonchev–Trinajstić information content (AvgIpc) is 2.07. The van der Waals surface area contributed by atoms with Crippen LogP contribution in [0.1, 0.15) is 30.9 Å². The quantitative estimate of drug-likeness (QED) is 0.783. The van der Waals surface area contributed by atoms with Crippen molar-refractivity contribution in [3.8, 4) is 5.75 Å². The van der Waals surface area contributed by atoms with Crippen LogP contribution in [0.4, 0.5) is 0 Å². The van der Waals surface area contributed by atoms with Gasteiger partial charge in [-0.15, -0.1) is 0 Å². The van der Waals surface area contributed by atoms with Gasteiger partial charge in [-0.25, -0.2) is 0 Å². The van der Waals surface area contributed by atoms with Crippen LogP contribution in [0.25, 0.3) is 0 Å². The summed E-state index contributed by atoms with van der Waals surface area (Å²) in [4.78, 5) is 0. The molecule has 3 heteroatoms. The number of hydrogen-bond acceptors (Lipinski definition) is 1. The van der Waals surface area contributed by atoms with Crippen LogP contribution < -0.4 is 0 Å². The number of benzene rings is 1. The number of rotatable bonds is 1. The molecule has 0 heterocycles. The molecule has 0 amide bonds. The maximum atomic E-state index is 9.46. The third-order valence-corrected chi connectivity index (χ3v) is 1.81. The molecule has 1 aromatic rings. The predicted octanol–water partition coefficient (Wildman–Crippen LogP) is 3.51. The van der Waals surface area contributed by atoms with Crippen molar-refractivity contribution in [1.82, 2.24) is 0 Å². The molecule has 0 atom stereocenters. The maximum absolute atomic E-state index is 9.46. The molecule has 0 aromatic heterocycles. The molecule has 0 unspecified atom stereocenters. The summed E-state index contributed by atoms with van der Waals surface area (Å²) in [5.41, 5.74) is 2.13. The van der Waals surface area contributed by atoms with E-state index < -0.39 is 0 Å². The molecule has 1 rings (SSSR count). The minimum absolute atomic E-state index is 0.399. The third kappa shape index (κ3) is 4.11. The van der Waals surface area contributed by atoms with Crippen LogP contribution in [0.2, 0.25) is 0 Å². The Hall–Kier alpha value is -0.0666. The summed E-state index contributed by atoms with van der Waals surface area (Å²) in [6.45, 7) is 6.12. The molecule has 0 aliphatic carbocycles. The summed E-state index contributed by atoms with van der Waals surface area (Å²) < 4.78 is 0. The standard InChI is InChI=1S/C10H14O.ClH.Ru/c1-7(2)9-5-4-8(3)6-10(9)11;;/h4-7,11H,1-3H3;1H;/q;;+1/p-1. The molecule has 0 fully saturated rings. The summed E-state index contributed by atoms with van der Waals surface area (Å²) in [6.07, 6.45) is 0. The topological polar surface area (TPSA) is 20.2 Å². The van der Waals surface area contributed by atoms with Gasteiger partial charge < -0.3 is 5.11 Å². The summed E-state index contributed by atoms with van der Waals surface area (Å²) >= 11 is 1.82. The van der Waals surface area contributed by atoms with E-state index in [1.165, 1.54) is 0 Å². The Morgan fingerprint density at radius 3 is 2.23 bits per heavy atom. The fraction of sp³-hybridized carbons (Fsp3) is 0.400. The third-order valence-electron chi connectivity index (χ3n) is 1.81. The number of phenolic OH excluding ortho intramolecular Hbond substituents is 1. The van der Waals surface area contributed by atoms with Gasteiger partial charge in [0.1, 0.15) is 5.75 Å². The van der Waals surface area contributed by atoms with Gasteiger partial charge in [0.25, 0.3) is 0 Å².